The Hall–Kier alpha value is -1.22. The van der Waals surface area contributed by atoms with E-state index in [4.69, 9.17) is 9.47 Å². The molecule has 0 atom stereocenters. The van der Waals surface area contributed by atoms with E-state index in [1.807, 2.05) is 25.1 Å². The molecule has 3 heteroatoms. The molecule has 19 heavy (non-hydrogen) atoms. The second kappa shape index (κ2) is 8.05. The maximum Gasteiger partial charge on any atom is 0.125 e. The summed E-state index contributed by atoms with van der Waals surface area (Å²) in [6.45, 7) is 5.64. The van der Waals surface area contributed by atoms with E-state index in [9.17, 15) is 0 Å². The smallest absolute Gasteiger partial charge is 0.125 e. The summed E-state index contributed by atoms with van der Waals surface area (Å²) in [7, 11) is 0. The van der Waals surface area contributed by atoms with Crippen LogP contribution in [0, 0.1) is 12.8 Å². The van der Waals surface area contributed by atoms with Gasteiger partial charge in [0.25, 0.3) is 0 Å². The van der Waals surface area contributed by atoms with Gasteiger partial charge in [0.05, 0.1) is 13.2 Å². The van der Waals surface area contributed by atoms with Gasteiger partial charge in [-0.25, -0.2) is 0 Å². The molecule has 0 radical (unpaired) electrons. The normalized spacial score (nSPS) is 15.7. The zero-order valence-corrected chi connectivity index (χ0v) is 12.3. The highest BCUT2D eigenvalue weighted by Crippen LogP contribution is 2.29. The van der Waals surface area contributed by atoms with Crippen LogP contribution in [0.15, 0.2) is 18.2 Å². The summed E-state index contributed by atoms with van der Waals surface area (Å²) in [6.07, 6.45) is 6.78. The molecule has 0 saturated heterocycles. The van der Waals surface area contributed by atoms with Gasteiger partial charge in [0, 0.05) is 5.56 Å². The molecule has 3 nitrogen and oxygen atoms in total. The molecule has 1 aromatic carbocycles. The summed E-state index contributed by atoms with van der Waals surface area (Å²) in [5.74, 6) is 2.67. The third-order valence-electron chi connectivity index (χ3n) is 3.73. The van der Waals surface area contributed by atoms with Crippen molar-refractivity contribution >= 4 is 0 Å². The van der Waals surface area contributed by atoms with Gasteiger partial charge in [-0.3, -0.25) is 0 Å². The summed E-state index contributed by atoms with van der Waals surface area (Å²) in [5.41, 5.74) is 1.12. The number of hydrogen-bond acceptors (Lipinski definition) is 3. The Morgan fingerprint density at radius 2 is 1.68 bits per heavy atom. The molecule has 3 N–H and O–H groups in total. The summed E-state index contributed by atoms with van der Waals surface area (Å²) in [4.78, 5) is 0. The van der Waals surface area contributed by atoms with Crippen molar-refractivity contribution in [3.63, 3.8) is 0 Å². The molecule has 0 spiro atoms. The maximum atomic E-state index is 5.98. The van der Waals surface area contributed by atoms with Gasteiger partial charge in [-0.15, -0.1) is 0 Å². The maximum absolute atomic E-state index is 5.98. The number of hydrogen-bond donors (Lipinski definition) is 1. The van der Waals surface area contributed by atoms with E-state index in [-0.39, 0.29) is 6.15 Å². The van der Waals surface area contributed by atoms with Crippen LogP contribution in [0.25, 0.3) is 0 Å². The Labute approximate surface area is 116 Å². The van der Waals surface area contributed by atoms with Crippen LogP contribution in [-0.2, 0) is 0 Å². The third kappa shape index (κ3) is 4.43. The summed E-state index contributed by atoms with van der Waals surface area (Å²) in [5, 5.41) is 0. The minimum atomic E-state index is 0. The lowest BCUT2D eigenvalue weighted by molar-refractivity contribution is 0.207. The monoisotopic (exact) mass is 265 g/mol. The average molecular weight is 265 g/mol. The quantitative estimate of drug-likeness (QED) is 0.851. The molecule has 1 saturated carbocycles. The first kappa shape index (κ1) is 15.8. The molecule has 0 amide bonds. The molecule has 1 aromatic rings. The third-order valence-corrected chi connectivity index (χ3v) is 3.73. The topological polar surface area (TPSA) is 53.5 Å². The standard InChI is InChI=1S/C16H24O2.H3N/c1-3-17-15-10-7-11-16(13(15)2)18-12-14-8-5-4-6-9-14;/h7,10-11,14H,3-6,8-9,12H2,1-2H3;1H3. The van der Waals surface area contributed by atoms with Crippen LogP contribution < -0.4 is 15.6 Å². The van der Waals surface area contributed by atoms with Gasteiger partial charge in [-0.1, -0.05) is 25.3 Å². The molecule has 0 unspecified atom stereocenters. The van der Waals surface area contributed by atoms with Crippen molar-refractivity contribution in [3.8, 4) is 11.5 Å². The Morgan fingerprint density at radius 3 is 2.32 bits per heavy atom. The number of rotatable bonds is 5. The fraction of sp³-hybridized carbons (Fsp3) is 0.625. The largest absolute Gasteiger partial charge is 0.493 e. The first-order chi connectivity index (χ1) is 8.81. The highest BCUT2D eigenvalue weighted by atomic mass is 16.5. The highest BCUT2D eigenvalue weighted by Gasteiger charge is 2.15. The van der Waals surface area contributed by atoms with Crippen LogP contribution in [-0.4, -0.2) is 13.2 Å². The Balaban J connectivity index is 0.00000180. The fourth-order valence-electron chi connectivity index (χ4n) is 2.62. The highest BCUT2D eigenvalue weighted by molar-refractivity contribution is 5.43. The van der Waals surface area contributed by atoms with E-state index in [2.05, 4.69) is 6.92 Å². The van der Waals surface area contributed by atoms with Gasteiger partial charge in [0.1, 0.15) is 11.5 Å². The molecule has 0 aliphatic heterocycles. The first-order valence-electron chi connectivity index (χ1n) is 7.16. The van der Waals surface area contributed by atoms with Crippen LogP contribution >= 0.6 is 0 Å². The lowest BCUT2D eigenvalue weighted by Gasteiger charge is -2.22. The summed E-state index contributed by atoms with van der Waals surface area (Å²) >= 11 is 0. The second-order valence-electron chi connectivity index (χ2n) is 5.13. The lowest BCUT2D eigenvalue weighted by atomic mass is 9.90. The molecule has 2 rings (SSSR count). The second-order valence-corrected chi connectivity index (χ2v) is 5.13. The molecule has 1 aliphatic carbocycles. The van der Waals surface area contributed by atoms with E-state index < -0.39 is 0 Å². The van der Waals surface area contributed by atoms with Crippen molar-refractivity contribution in [2.24, 2.45) is 5.92 Å². The summed E-state index contributed by atoms with van der Waals surface area (Å²) in [6, 6.07) is 6.06. The SMILES string of the molecule is CCOc1cccc(OCC2CCCCC2)c1C.N. The molecule has 0 heterocycles. The minimum Gasteiger partial charge on any atom is -0.493 e. The molecule has 0 aromatic heterocycles. The molecule has 0 bridgehead atoms. The Morgan fingerprint density at radius 1 is 1.05 bits per heavy atom. The van der Waals surface area contributed by atoms with Crippen LogP contribution in [0.4, 0.5) is 0 Å². The predicted molar refractivity (Wildman–Crippen MR) is 79.4 cm³/mol. The van der Waals surface area contributed by atoms with Crippen molar-refractivity contribution in [2.75, 3.05) is 13.2 Å². The summed E-state index contributed by atoms with van der Waals surface area (Å²) < 4.78 is 11.6. The van der Waals surface area contributed by atoms with Crippen LogP contribution in [0.1, 0.15) is 44.6 Å². The Bertz CT molecular complexity index is 373. The average Bonchev–Trinajstić information content (AvgIpc) is 2.41. The van der Waals surface area contributed by atoms with E-state index >= 15 is 0 Å². The van der Waals surface area contributed by atoms with E-state index in [0.717, 1.165) is 29.6 Å². The van der Waals surface area contributed by atoms with E-state index in [0.29, 0.717) is 6.61 Å². The molecule has 108 valence electrons. The fourth-order valence-corrected chi connectivity index (χ4v) is 2.62. The van der Waals surface area contributed by atoms with E-state index in [1.165, 1.54) is 32.1 Å². The van der Waals surface area contributed by atoms with Gasteiger partial charge in [0.2, 0.25) is 0 Å². The van der Waals surface area contributed by atoms with Crippen molar-refractivity contribution in [3.05, 3.63) is 23.8 Å². The van der Waals surface area contributed by atoms with E-state index in [1.54, 1.807) is 0 Å². The number of ether oxygens (including phenoxy) is 2. The number of benzene rings is 1. The first-order valence-corrected chi connectivity index (χ1v) is 7.16. The van der Waals surface area contributed by atoms with Crippen molar-refractivity contribution in [1.82, 2.24) is 6.15 Å². The van der Waals surface area contributed by atoms with Gasteiger partial charge >= 0.3 is 0 Å². The predicted octanol–water partition coefficient (Wildman–Crippen LogP) is 4.51. The van der Waals surface area contributed by atoms with Gasteiger partial charge < -0.3 is 15.6 Å². The van der Waals surface area contributed by atoms with Crippen molar-refractivity contribution in [2.45, 2.75) is 46.0 Å². The zero-order valence-electron chi connectivity index (χ0n) is 12.3. The van der Waals surface area contributed by atoms with Gasteiger partial charge in [-0.2, -0.15) is 0 Å². The molecular weight excluding hydrogens is 238 g/mol. The molecule has 1 fully saturated rings. The lowest BCUT2D eigenvalue weighted by Crippen LogP contribution is -2.15. The minimum absolute atomic E-state index is 0. The molecular formula is C16H27NO2. The van der Waals surface area contributed by atoms with Crippen LogP contribution in [0.3, 0.4) is 0 Å². The molecule has 1 aliphatic rings. The van der Waals surface area contributed by atoms with Crippen molar-refractivity contribution < 1.29 is 9.47 Å². The van der Waals surface area contributed by atoms with Crippen LogP contribution in [0.2, 0.25) is 0 Å². The Kier molecular flexibility index (Phi) is 6.71. The zero-order chi connectivity index (χ0) is 12.8. The van der Waals surface area contributed by atoms with Gasteiger partial charge in [0.15, 0.2) is 0 Å². The van der Waals surface area contributed by atoms with Gasteiger partial charge in [-0.05, 0) is 44.7 Å². The van der Waals surface area contributed by atoms with Crippen molar-refractivity contribution in [1.29, 1.82) is 0 Å². The van der Waals surface area contributed by atoms with Crippen LogP contribution in [0.5, 0.6) is 11.5 Å².